The van der Waals surface area contributed by atoms with Crippen molar-refractivity contribution in [2.45, 2.75) is 25.8 Å². The molecule has 3 aromatic heterocycles. The molecule has 5 rings (SSSR count). The van der Waals surface area contributed by atoms with Gasteiger partial charge >= 0.3 is 0 Å². The van der Waals surface area contributed by atoms with E-state index in [9.17, 15) is 9.59 Å². The molecular formula is C19H20N6O2. The number of anilines is 1. The molecule has 0 unspecified atom stereocenters. The van der Waals surface area contributed by atoms with Crippen LogP contribution in [0.3, 0.4) is 0 Å². The number of rotatable bonds is 3. The summed E-state index contributed by atoms with van der Waals surface area (Å²) in [5, 5.41) is 4.41. The zero-order valence-electron chi connectivity index (χ0n) is 15.1. The quantitative estimate of drug-likeness (QED) is 0.708. The van der Waals surface area contributed by atoms with E-state index in [0.29, 0.717) is 25.2 Å². The fourth-order valence-electron chi connectivity index (χ4n) is 3.90. The monoisotopic (exact) mass is 364 g/mol. The minimum Gasteiger partial charge on any atom is -0.333 e. The van der Waals surface area contributed by atoms with Crippen LogP contribution in [-0.2, 0) is 4.79 Å². The van der Waals surface area contributed by atoms with Crippen molar-refractivity contribution in [1.29, 1.82) is 0 Å². The zero-order chi connectivity index (χ0) is 18.5. The lowest BCUT2D eigenvalue weighted by molar-refractivity contribution is -0.117. The molecule has 3 aromatic rings. The van der Waals surface area contributed by atoms with Crippen LogP contribution in [-0.4, -0.2) is 55.5 Å². The molecule has 5 heterocycles. The minimum absolute atomic E-state index is 0.00968. The third-order valence-electron chi connectivity index (χ3n) is 5.40. The van der Waals surface area contributed by atoms with Crippen LogP contribution < -0.4 is 4.90 Å². The Kier molecular flexibility index (Phi) is 3.53. The van der Waals surface area contributed by atoms with Crippen LogP contribution in [0.2, 0.25) is 0 Å². The first-order valence-corrected chi connectivity index (χ1v) is 9.19. The second kappa shape index (κ2) is 5.94. The molecule has 2 aliphatic heterocycles. The minimum atomic E-state index is -0.00968. The van der Waals surface area contributed by atoms with Gasteiger partial charge in [-0.15, -0.1) is 0 Å². The topological polar surface area (TPSA) is 75.7 Å². The first kappa shape index (κ1) is 16.0. The van der Waals surface area contributed by atoms with Gasteiger partial charge in [-0.3, -0.25) is 18.7 Å². The maximum Gasteiger partial charge on any atom is 0.272 e. The molecule has 0 bridgehead atoms. The van der Waals surface area contributed by atoms with Crippen molar-refractivity contribution in [1.82, 2.24) is 24.1 Å². The lowest BCUT2D eigenvalue weighted by atomic mass is 10.1. The predicted molar refractivity (Wildman–Crippen MR) is 98.7 cm³/mol. The van der Waals surface area contributed by atoms with Gasteiger partial charge in [0.2, 0.25) is 5.91 Å². The van der Waals surface area contributed by atoms with Crippen LogP contribution in [0.15, 0.2) is 36.8 Å². The molecule has 8 nitrogen and oxygen atoms in total. The molecule has 0 aliphatic carbocycles. The highest BCUT2D eigenvalue weighted by molar-refractivity contribution is 5.95. The zero-order valence-corrected chi connectivity index (χ0v) is 15.1. The average Bonchev–Trinajstić information content (AvgIpc) is 3.31. The van der Waals surface area contributed by atoms with Gasteiger partial charge in [-0.1, -0.05) is 6.07 Å². The first-order valence-electron chi connectivity index (χ1n) is 9.19. The van der Waals surface area contributed by atoms with E-state index in [1.54, 1.807) is 11.1 Å². The molecule has 8 heteroatoms. The van der Waals surface area contributed by atoms with Gasteiger partial charge in [0.05, 0.1) is 23.6 Å². The third kappa shape index (κ3) is 2.51. The molecule has 0 radical (unpaired) electrons. The Labute approximate surface area is 156 Å². The Morgan fingerprint density at radius 3 is 2.89 bits per heavy atom. The maximum atomic E-state index is 12.9. The summed E-state index contributed by atoms with van der Waals surface area (Å²) in [6.07, 6.45) is 7.02. The molecular weight excluding hydrogens is 344 g/mol. The Morgan fingerprint density at radius 1 is 1.26 bits per heavy atom. The smallest absolute Gasteiger partial charge is 0.272 e. The largest absolute Gasteiger partial charge is 0.333 e. The van der Waals surface area contributed by atoms with Crippen molar-refractivity contribution in [3.05, 3.63) is 48.2 Å². The molecule has 0 atom stereocenters. The number of aromatic nitrogens is 4. The van der Waals surface area contributed by atoms with E-state index in [1.807, 2.05) is 51.5 Å². The van der Waals surface area contributed by atoms with E-state index < -0.39 is 0 Å². The SMILES string of the molecule is Cc1nc2ccccn2c1C(=O)N1CC(n2cc(N3CCCC3=O)cn2)C1. The van der Waals surface area contributed by atoms with Crippen LogP contribution in [0.4, 0.5) is 5.69 Å². The van der Waals surface area contributed by atoms with E-state index in [-0.39, 0.29) is 17.9 Å². The summed E-state index contributed by atoms with van der Waals surface area (Å²) in [4.78, 5) is 32.9. The highest BCUT2D eigenvalue weighted by Crippen LogP contribution is 2.27. The molecule has 0 N–H and O–H groups in total. The number of pyridine rings is 1. The molecule has 0 saturated carbocycles. The summed E-state index contributed by atoms with van der Waals surface area (Å²) >= 11 is 0. The van der Waals surface area contributed by atoms with Gasteiger partial charge in [-0.2, -0.15) is 5.10 Å². The normalized spacial score (nSPS) is 17.7. The van der Waals surface area contributed by atoms with E-state index in [2.05, 4.69) is 10.1 Å². The second-order valence-electron chi connectivity index (χ2n) is 7.17. The van der Waals surface area contributed by atoms with Gasteiger partial charge in [0.25, 0.3) is 5.91 Å². The molecule has 2 aliphatic rings. The number of likely N-dealkylation sites (tertiary alicyclic amines) is 1. The highest BCUT2D eigenvalue weighted by atomic mass is 16.2. The predicted octanol–water partition coefficient (Wildman–Crippen LogP) is 1.66. The van der Waals surface area contributed by atoms with Crippen LogP contribution in [0, 0.1) is 6.92 Å². The van der Waals surface area contributed by atoms with Crippen molar-refractivity contribution in [2.24, 2.45) is 0 Å². The van der Waals surface area contributed by atoms with Crippen LogP contribution in [0.1, 0.15) is 35.1 Å². The number of hydrogen-bond acceptors (Lipinski definition) is 4. The van der Waals surface area contributed by atoms with E-state index >= 15 is 0 Å². The highest BCUT2D eigenvalue weighted by Gasteiger charge is 2.35. The molecule has 27 heavy (non-hydrogen) atoms. The molecule has 2 saturated heterocycles. The number of carbonyl (C=O) groups excluding carboxylic acids is 2. The fourth-order valence-corrected chi connectivity index (χ4v) is 3.90. The lowest BCUT2D eigenvalue weighted by Gasteiger charge is -2.39. The summed E-state index contributed by atoms with van der Waals surface area (Å²) < 4.78 is 3.71. The number of aryl methyl sites for hydroxylation is 1. The van der Waals surface area contributed by atoms with Crippen LogP contribution in [0.25, 0.3) is 5.65 Å². The Hall–Kier alpha value is -3.16. The van der Waals surface area contributed by atoms with Gasteiger partial charge in [0.1, 0.15) is 11.3 Å². The Morgan fingerprint density at radius 2 is 2.11 bits per heavy atom. The van der Waals surface area contributed by atoms with Crippen LogP contribution in [0.5, 0.6) is 0 Å². The van der Waals surface area contributed by atoms with Crippen molar-refractivity contribution in [3.8, 4) is 0 Å². The van der Waals surface area contributed by atoms with E-state index in [4.69, 9.17) is 0 Å². The van der Waals surface area contributed by atoms with Crippen molar-refractivity contribution in [3.63, 3.8) is 0 Å². The summed E-state index contributed by atoms with van der Waals surface area (Å²) in [7, 11) is 0. The molecule has 0 aromatic carbocycles. The standard InChI is InChI=1S/C19H20N6O2/c1-13-18(24-7-3-2-5-16(24)21-13)19(27)22-10-15(11-22)25-12-14(9-20-25)23-8-4-6-17(23)26/h2-3,5,7,9,12,15H,4,6,8,10-11H2,1H3. The van der Waals surface area contributed by atoms with Gasteiger partial charge < -0.3 is 9.80 Å². The molecule has 138 valence electrons. The van der Waals surface area contributed by atoms with Gasteiger partial charge in [-0.25, -0.2) is 4.98 Å². The van der Waals surface area contributed by atoms with Crippen molar-refractivity contribution in [2.75, 3.05) is 24.5 Å². The van der Waals surface area contributed by atoms with E-state index in [1.165, 1.54) is 0 Å². The second-order valence-corrected chi connectivity index (χ2v) is 7.17. The summed E-state index contributed by atoms with van der Waals surface area (Å²) in [6, 6.07) is 5.85. The number of fused-ring (bicyclic) bond motifs is 1. The number of imidazole rings is 1. The number of carbonyl (C=O) groups is 2. The lowest BCUT2D eigenvalue weighted by Crippen LogP contribution is -2.51. The molecule has 2 amide bonds. The maximum absolute atomic E-state index is 12.9. The van der Waals surface area contributed by atoms with Crippen LogP contribution >= 0.6 is 0 Å². The molecule has 2 fully saturated rings. The third-order valence-corrected chi connectivity index (χ3v) is 5.40. The molecule has 0 spiro atoms. The Balaban J connectivity index is 1.30. The average molecular weight is 364 g/mol. The number of nitrogens with zero attached hydrogens (tertiary/aromatic N) is 6. The van der Waals surface area contributed by atoms with E-state index in [0.717, 1.165) is 30.0 Å². The van der Waals surface area contributed by atoms with Crippen molar-refractivity contribution < 1.29 is 9.59 Å². The number of amides is 2. The van der Waals surface area contributed by atoms with Gasteiger partial charge in [0, 0.05) is 38.4 Å². The fraction of sp³-hybridized carbons (Fsp3) is 0.368. The van der Waals surface area contributed by atoms with Gasteiger partial charge in [-0.05, 0) is 25.5 Å². The summed E-state index contributed by atoms with van der Waals surface area (Å²) in [5.41, 5.74) is 2.98. The van der Waals surface area contributed by atoms with Gasteiger partial charge in [0.15, 0.2) is 0 Å². The van der Waals surface area contributed by atoms with Crippen molar-refractivity contribution >= 4 is 23.1 Å². The summed E-state index contributed by atoms with van der Waals surface area (Å²) in [6.45, 7) is 3.83. The summed E-state index contributed by atoms with van der Waals surface area (Å²) in [5.74, 6) is 0.146. The number of hydrogen-bond donors (Lipinski definition) is 0. The Bertz CT molecular complexity index is 1050. The first-order chi connectivity index (χ1) is 13.1.